The number of nitrogens with one attached hydrogen (secondary N) is 2. The fourth-order valence-electron chi connectivity index (χ4n) is 4.19. The quantitative estimate of drug-likeness (QED) is 0.224. The summed E-state index contributed by atoms with van der Waals surface area (Å²) in [5.41, 5.74) is 2.97. The number of hydrogen-bond acceptors (Lipinski definition) is 7. The molecular formula is C31H28N4O4. The Labute approximate surface area is 226 Å². The van der Waals surface area contributed by atoms with E-state index in [0.717, 1.165) is 22.2 Å². The van der Waals surface area contributed by atoms with Crippen molar-refractivity contribution >= 4 is 28.3 Å². The van der Waals surface area contributed by atoms with Gasteiger partial charge in [0.2, 0.25) is 0 Å². The van der Waals surface area contributed by atoms with Crippen LogP contribution in [0, 0.1) is 0 Å². The first-order valence-corrected chi connectivity index (χ1v) is 12.4. The maximum Gasteiger partial charge on any atom is 0.255 e. The molecule has 5 rings (SSSR count). The van der Waals surface area contributed by atoms with Crippen LogP contribution >= 0.6 is 0 Å². The molecular weight excluding hydrogens is 492 g/mol. The van der Waals surface area contributed by atoms with Gasteiger partial charge in [0.25, 0.3) is 5.91 Å². The number of nitrogens with zero attached hydrogens (tertiary/aromatic N) is 2. The second kappa shape index (κ2) is 11.5. The number of rotatable bonds is 9. The van der Waals surface area contributed by atoms with Crippen molar-refractivity contribution in [2.45, 2.75) is 13.0 Å². The minimum absolute atomic E-state index is 0.145. The molecule has 0 bridgehead atoms. The third kappa shape index (κ3) is 5.75. The molecule has 2 heterocycles. The van der Waals surface area contributed by atoms with E-state index >= 15 is 0 Å². The van der Waals surface area contributed by atoms with Crippen LogP contribution in [0.15, 0.2) is 97.3 Å². The van der Waals surface area contributed by atoms with Crippen LogP contribution in [-0.2, 0) is 0 Å². The van der Waals surface area contributed by atoms with Crippen LogP contribution in [0.5, 0.6) is 23.0 Å². The van der Waals surface area contributed by atoms with Crippen molar-refractivity contribution in [1.82, 2.24) is 15.3 Å². The average molecular weight is 521 g/mol. The number of hydrogen-bond donors (Lipinski definition) is 2. The van der Waals surface area contributed by atoms with E-state index in [1.54, 1.807) is 44.8 Å². The third-order valence-electron chi connectivity index (χ3n) is 6.25. The molecule has 0 unspecified atom stereocenters. The molecule has 0 saturated carbocycles. The number of methoxy groups -OCH3 is 2. The van der Waals surface area contributed by atoms with Crippen LogP contribution in [0.2, 0.25) is 0 Å². The van der Waals surface area contributed by atoms with E-state index in [1.165, 1.54) is 0 Å². The second-order valence-electron chi connectivity index (χ2n) is 8.79. The SMILES string of the molecule is COc1cc2nccc(Oc3ccc(Nc4ncccc4C(=O)N[C@H](C)c4ccccc4)cc3)c2cc1OC. The van der Waals surface area contributed by atoms with Crippen molar-refractivity contribution in [3.63, 3.8) is 0 Å². The van der Waals surface area contributed by atoms with Gasteiger partial charge in [0.15, 0.2) is 11.5 Å². The highest BCUT2D eigenvalue weighted by molar-refractivity contribution is 5.99. The van der Waals surface area contributed by atoms with Gasteiger partial charge in [-0.15, -0.1) is 0 Å². The number of amides is 1. The molecule has 8 nitrogen and oxygen atoms in total. The molecule has 1 amide bonds. The monoisotopic (exact) mass is 520 g/mol. The predicted molar refractivity (Wildman–Crippen MR) is 151 cm³/mol. The maximum atomic E-state index is 13.1. The standard InChI is InChI=1S/C31H28N4O4/c1-20(21-8-5-4-6-9-21)34-31(36)24-10-7-16-33-30(24)35-22-11-13-23(14-12-22)39-27-15-17-32-26-19-29(38-3)28(37-2)18-25(26)27/h4-20H,1-3H3,(H,33,35)(H,34,36)/t20-/m1/s1. The summed E-state index contributed by atoms with van der Waals surface area (Å²) in [6.45, 7) is 1.95. The predicted octanol–water partition coefficient (Wildman–Crippen LogP) is 6.67. The van der Waals surface area contributed by atoms with Crippen molar-refractivity contribution < 1.29 is 19.0 Å². The zero-order valence-corrected chi connectivity index (χ0v) is 21.8. The summed E-state index contributed by atoms with van der Waals surface area (Å²) in [5.74, 6) is 2.72. The van der Waals surface area contributed by atoms with Crippen LogP contribution in [-0.4, -0.2) is 30.1 Å². The lowest BCUT2D eigenvalue weighted by Gasteiger charge is -2.16. The number of fused-ring (bicyclic) bond motifs is 1. The van der Waals surface area contributed by atoms with Crippen molar-refractivity contribution in [3.8, 4) is 23.0 Å². The molecule has 0 radical (unpaired) electrons. The molecule has 0 spiro atoms. The number of carbonyl (C=O) groups is 1. The normalized spacial score (nSPS) is 11.5. The highest BCUT2D eigenvalue weighted by atomic mass is 16.5. The lowest BCUT2D eigenvalue weighted by atomic mass is 10.1. The van der Waals surface area contributed by atoms with Gasteiger partial charge < -0.3 is 24.8 Å². The molecule has 8 heteroatoms. The van der Waals surface area contributed by atoms with E-state index in [4.69, 9.17) is 14.2 Å². The Bertz CT molecular complexity index is 1590. The molecule has 3 aromatic carbocycles. The Morgan fingerprint density at radius 3 is 2.28 bits per heavy atom. The number of aromatic nitrogens is 2. The largest absolute Gasteiger partial charge is 0.493 e. The summed E-state index contributed by atoms with van der Waals surface area (Å²) < 4.78 is 17.0. The molecule has 196 valence electrons. The van der Waals surface area contributed by atoms with Crippen LogP contribution in [0.3, 0.4) is 0 Å². The molecule has 0 aliphatic heterocycles. The highest BCUT2D eigenvalue weighted by Gasteiger charge is 2.16. The van der Waals surface area contributed by atoms with Gasteiger partial charge in [-0.1, -0.05) is 30.3 Å². The zero-order valence-electron chi connectivity index (χ0n) is 21.8. The van der Waals surface area contributed by atoms with Gasteiger partial charge in [-0.25, -0.2) is 4.98 Å². The Hall–Kier alpha value is -5.11. The number of benzene rings is 3. The molecule has 1 atom stereocenters. The number of ether oxygens (including phenoxy) is 3. The van der Waals surface area contributed by atoms with Gasteiger partial charge >= 0.3 is 0 Å². The minimum Gasteiger partial charge on any atom is -0.493 e. The number of carbonyl (C=O) groups excluding carboxylic acids is 1. The van der Waals surface area contributed by atoms with Gasteiger partial charge in [-0.3, -0.25) is 9.78 Å². The van der Waals surface area contributed by atoms with Crippen LogP contribution in [0.25, 0.3) is 10.9 Å². The fraction of sp³-hybridized carbons (Fsp3) is 0.129. The molecule has 2 aromatic heterocycles. The van der Waals surface area contributed by atoms with Crippen molar-refractivity contribution in [2.75, 3.05) is 19.5 Å². The Kier molecular flexibility index (Phi) is 7.54. The first-order chi connectivity index (χ1) is 19.1. The summed E-state index contributed by atoms with van der Waals surface area (Å²) >= 11 is 0. The molecule has 2 N–H and O–H groups in total. The van der Waals surface area contributed by atoms with E-state index < -0.39 is 0 Å². The number of pyridine rings is 2. The first kappa shape index (κ1) is 25.5. The Morgan fingerprint density at radius 2 is 1.54 bits per heavy atom. The van der Waals surface area contributed by atoms with Gasteiger partial charge in [0, 0.05) is 29.5 Å². The third-order valence-corrected chi connectivity index (χ3v) is 6.25. The van der Waals surface area contributed by atoms with E-state index in [-0.39, 0.29) is 11.9 Å². The summed E-state index contributed by atoms with van der Waals surface area (Å²) in [7, 11) is 3.18. The Morgan fingerprint density at radius 1 is 0.795 bits per heavy atom. The average Bonchev–Trinajstić information content (AvgIpc) is 2.98. The lowest BCUT2D eigenvalue weighted by molar-refractivity contribution is 0.0940. The molecule has 0 fully saturated rings. The van der Waals surface area contributed by atoms with Crippen LogP contribution in [0.4, 0.5) is 11.5 Å². The van der Waals surface area contributed by atoms with E-state index in [9.17, 15) is 4.79 Å². The van der Waals surface area contributed by atoms with Gasteiger partial charge in [0.1, 0.15) is 17.3 Å². The van der Waals surface area contributed by atoms with Crippen molar-refractivity contribution in [3.05, 3.63) is 108 Å². The smallest absolute Gasteiger partial charge is 0.255 e. The topological polar surface area (TPSA) is 94.6 Å². The highest BCUT2D eigenvalue weighted by Crippen LogP contribution is 2.37. The van der Waals surface area contributed by atoms with Crippen molar-refractivity contribution in [1.29, 1.82) is 0 Å². The van der Waals surface area contributed by atoms with Crippen LogP contribution < -0.4 is 24.8 Å². The second-order valence-corrected chi connectivity index (χ2v) is 8.79. The van der Waals surface area contributed by atoms with Gasteiger partial charge in [0.05, 0.1) is 31.3 Å². The zero-order chi connectivity index (χ0) is 27.2. The van der Waals surface area contributed by atoms with Crippen molar-refractivity contribution in [2.24, 2.45) is 0 Å². The molecule has 0 aliphatic carbocycles. The fourth-order valence-corrected chi connectivity index (χ4v) is 4.19. The van der Waals surface area contributed by atoms with E-state index in [0.29, 0.717) is 34.4 Å². The molecule has 0 saturated heterocycles. The Balaban J connectivity index is 1.31. The van der Waals surface area contributed by atoms with E-state index in [1.807, 2.05) is 73.7 Å². The summed E-state index contributed by atoms with van der Waals surface area (Å²) in [6, 6.07) is 26.1. The first-order valence-electron chi connectivity index (χ1n) is 12.4. The molecule has 0 aliphatic rings. The van der Waals surface area contributed by atoms with Gasteiger partial charge in [-0.05, 0) is 61.0 Å². The summed E-state index contributed by atoms with van der Waals surface area (Å²) in [4.78, 5) is 21.9. The van der Waals surface area contributed by atoms with Gasteiger partial charge in [-0.2, -0.15) is 0 Å². The van der Waals surface area contributed by atoms with E-state index in [2.05, 4.69) is 20.6 Å². The number of anilines is 2. The molecule has 5 aromatic rings. The minimum atomic E-state index is -0.210. The maximum absolute atomic E-state index is 13.1. The molecule has 39 heavy (non-hydrogen) atoms. The summed E-state index contributed by atoms with van der Waals surface area (Å²) in [5, 5.41) is 7.09. The summed E-state index contributed by atoms with van der Waals surface area (Å²) in [6.07, 6.45) is 3.33. The lowest BCUT2D eigenvalue weighted by Crippen LogP contribution is -2.27. The van der Waals surface area contributed by atoms with Crippen LogP contribution in [0.1, 0.15) is 28.9 Å².